The fourth-order valence-electron chi connectivity index (χ4n) is 1.51. The molecule has 0 radical (unpaired) electrons. The maximum absolute atomic E-state index is 11.9. The first-order chi connectivity index (χ1) is 7.98. The third-order valence-electron chi connectivity index (χ3n) is 2.44. The molecule has 0 spiro atoms. The van der Waals surface area contributed by atoms with E-state index in [-0.39, 0.29) is 6.10 Å². The Morgan fingerprint density at radius 1 is 1.41 bits per heavy atom. The Morgan fingerprint density at radius 3 is 2.47 bits per heavy atom. The molecule has 0 aliphatic rings. The van der Waals surface area contributed by atoms with E-state index in [0.717, 1.165) is 5.56 Å². The first kappa shape index (κ1) is 13.2. The van der Waals surface area contributed by atoms with Crippen molar-refractivity contribution < 1.29 is 9.53 Å². The highest BCUT2D eigenvalue weighted by atomic mass is 16.5. The number of nitriles is 1. The molecule has 0 bridgehead atoms. The molecule has 0 N–H and O–H groups in total. The topological polar surface area (TPSA) is 50.1 Å². The van der Waals surface area contributed by atoms with Crippen LogP contribution in [0.15, 0.2) is 30.3 Å². The van der Waals surface area contributed by atoms with E-state index < -0.39 is 11.4 Å². The summed E-state index contributed by atoms with van der Waals surface area (Å²) >= 11 is 0. The molecule has 3 heteroatoms. The lowest BCUT2D eigenvalue weighted by Crippen LogP contribution is -2.32. The molecule has 1 atom stereocenters. The molecule has 0 heterocycles. The largest absolute Gasteiger partial charge is 0.462 e. The van der Waals surface area contributed by atoms with Crippen LogP contribution in [-0.2, 0) is 16.0 Å². The van der Waals surface area contributed by atoms with E-state index in [4.69, 9.17) is 4.74 Å². The van der Waals surface area contributed by atoms with E-state index in [1.54, 1.807) is 20.8 Å². The van der Waals surface area contributed by atoms with E-state index in [0.29, 0.717) is 6.42 Å². The maximum Gasteiger partial charge on any atom is 0.326 e. The molecule has 0 saturated heterocycles. The Balaban J connectivity index is 2.83. The van der Waals surface area contributed by atoms with Gasteiger partial charge in [0.15, 0.2) is 5.41 Å². The van der Waals surface area contributed by atoms with Gasteiger partial charge in [-0.1, -0.05) is 30.3 Å². The predicted molar refractivity (Wildman–Crippen MR) is 65.1 cm³/mol. The number of carbonyl (C=O) groups excluding carboxylic acids is 1. The van der Waals surface area contributed by atoms with Crippen LogP contribution in [-0.4, -0.2) is 12.1 Å². The van der Waals surface area contributed by atoms with Crippen LogP contribution in [0.1, 0.15) is 26.3 Å². The summed E-state index contributed by atoms with van der Waals surface area (Å²) in [6, 6.07) is 11.5. The number of hydrogen-bond acceptors (Lipinski definition) is 3. The number of benzene rings is 1. The number of ether oxygens (including phenoxy) is 1. The van der Waals surface area contributed by atoms with E-state index in [2.05, 4.69) is 6.07 Å². The maximum atomic E-state index is 11.9. The number of esters is 1. The molecule has 0 aliphatic heterocycles. The van der Waals surface area contributed by atoms with Crippen molar-refractivity contribution in [3.8, 4) is 6.07 Å². The SMILES string of the molecule is CC(C)OC(=O)C(C)(C#N)Cc1ccccc1. The van der Waals surface area contributed by atoms with Crippen molar-refractivity contribution in [1.29, 1.82) is 5.26 Å². The highest BCUT2D eigenvalue weighted by Gasteiger charge is 2.35. The predicted octanol–water partition coefficient (Wildman–Crippen LogP) is 2.71. The second-order valence-corrected chi connectivity index (χ2v) is 4.56. The fraction of sp³-hybridized carbons (Fsp3) is 0.429. The van der Waals surface area contributed by atoms with Gasteiger partial charge >= 0.3 is 5.97 Å². The van der Waals surface area contributed by atoms with Gasteiger partial charge in [0.2, 0.25) is 0 Å². The number of carbonyl (C=O) groups is 1. The summed E-state index contributed by atoms with van der Waals surface area (Å²) in [4.78, 5) is 11.9. The zero-order chi connectivity index (χ0) is 12.9. The van der Waals surface area contributed by atoms with Crippen molar-refractivity contribution in [2.45, 2.75) is 33.3 Å². The Bertz CT molecular complexity index is 420. The minimum Gasteiger partial charge on any atom is -0.462 e. The van der Waals surface area contributed by atoms with Crippen LogP contribution >= 0.6 is 0 Å². The molecule has 1 unspecified atom stereocenters. The zero-order valence-electron chi connectivity index (χ0n) is 10.4. The molecular formula is C14H17NO2. The van der Waals surface area contributed by atoms with Crippen molar-refractivity contribution in [3.63, 3.8) is 0 Å². The lowest BCUT2D eigenvalue weighted by Gasteiger charge is -2.21. The molecule has 1 rings (SSSR count). The van der Waals surface area contributed by atoms with Gasteiger partial charge in [-0.15, -0.1) is 0 Å². The number of rotatable bonds is 4. The van der Waals surface area contributed by atoms with Gasteiger partial charge in [0.1, 0.15) is 0 Å². The van der Waals surface area contributed by atoms with E-state index >= 15 is 0 Å². The van der Waals surface area contributed by atoms with Crippen molar-refractivity contribution in [2.75, 3.05) is 0 Å². The zero-order valence-corrected chi connectivity index (χ0v) is 10.4. The van der Waals surface area contributed by atoms with Gasteiger partial charge in [0, 0.05) is 6.42 Å². The molecule has 3 nitrogen and oxygen atoms in total. The molecule has 0 fully saturated rings. The van der Waals surface area contributed by atoms with E-state index in [1.807, 2.05) is 30.3 Å². The Hall–Kier alpha value is -1.82. The standard InChI is InChI=1S/C14H17NO2/c1-11(2)17-13(16)14(3,10-15)9-12-7-5-4-6-8-12/h4-8,11H,9H2,1-3H3. The van der Waals surface area contributed by atoms with Crippen molar-refractivity contribution >= 4 is 5.97 Å². The fourth-order valence-corrected chi connectivity index (χ4v) is 1.51. The summed E-state index contributed by atoms with van der Waals surface area (Å²) in [7, 11) is 0. The van der Waals surface area contributed by atoms with E-state index in [1.165, 1.54) is 0 Å². The van der Waals surface area contributed by atoms with Crippen LogP contribution in [0.2, 0.25) is 0 Å². The van der Waals surface area contributed by atoms with Crippen LogP contribution in [0.5, 0.6) is 0 Å². The van der Waals surface area contributed by atoms with Gasteiger partial charge in [-0.25, -0.2) is 0 Å². The smallest absolute Gasteiger partial charge is 0.326 e. The molecular weight excluding hydrogens is 214 g/mol. The van der Waals surface area contributed by atoms with Crippen LogP contribution < -0.4 is 0 Å². The summed E-state index contributed by atoms with van der Waals surface area (Å²) in [5, 5.41) is 9.18. The average Bonchev–Trinajstić information content (AvgIpc) is 2.29. The monoisotopic (exact) mass is 231 g/mol. The van der Waals surface area contributed by atoms with Gasteiger partial charge < -0.3 is 4.74 Å². The quantitative estimate of drug-likeness (QED) is 0.748. The molecule has 1 aromatic rings. The Morgan fingerprint density at radius 2 is 2.00 bits per heavy atom. The summed E-state index contributed by atoms with van der Waals surface area (Å²) in [6.07, 6.45) is 0.168. The molecule has 0 amide bonds. The van der Waals surface area contributed by atoms with Gasteiger partial charge in [0.25, 0.3) is 0 Å². The van der Waals surface area contributed by atoms with Crippen LogP contribution in [0.3, 0.4) is 0 Å². The first-order valence-electron chi connectivity index (χ1n) is 5.64. The third-order valence-corrected chi connectivity index (χ3v) is 2.44. The van der Waals surface area contributed by atoms with E-state index in [9.17, 15) is 10.1 Å². The van der Waals surface area contributed by atoms with Crippen LogP contribution in [0.25, 0.3) is 0 Å². The minimum absolute atomic E-state index is 0.203. The van der Waals surface area contributed by atoms with Gasteiger partial charge in [-0.3, -0.25) is 4.79 Å². The highest BCUT2D eigenvalue weighted by Crippen LogP contribution is 2.24. The molecule has 17 heavy (non-hydrogen) atoms. The summed E-state index contributed by atoms with van der Waals surface area (Å²) in [5.74, 6) is -0.459. The second kappa shape index (κ2) is 5.49. The summed E-state index contributed by atoms with van der Waals surface area (Å²) in [5.41, 5.74) is -0.164. The molecule has 0 saturated carbocycles. The van der Waals surface area contributed by atoms with Crippen molar-refractivity contribution in [2.24, 2.45) is 5.41 Å². The summed E-state index contributed by atoms with van der Waals surface area (Å²) in [6.45, 7) is 5.17. The Labute approximate surface area is 102 Å². The van der Waals surface area contributed by atoms with Crippen LogP contribution in [0, 0.1) is 16.7 Å². The lowest BCUT2D eigenvalue weighted by molar-refractivity contribution is -0.155. The molecule has 0 aromatic heterocycles. The van der Waals surface area contributed by atoms with Gasteiger partial charge in [-0.05, 0) is 26.3 Å². The van der Waals surface area contributed by atoms with Gasteiger partial charge in [-0.2, -0.15) is 5.26 Å². The Kier molecular flexibility index (Phi) is 4.28. The van der Waals surface area contributed by atoms with Crippen molar-refractivity contribution in [1.82, 2.24) is 0 Å². The highest BCUT2D eigenvalue weighted by molar-refractivity contribution is 5.80. The number of hydrogen-bond donors (Lipinski definition) is 0. The number of nitrogens with zero attached hydrogens (tertiary/aromatic N) is 1. The van der Waals surface area contributed by atoms with Crippen LogP contribution in [0.4, 0.5) is 0 Å². The normalized spacial score (nSPS) is 13.8. The second-order valence-electron chi connectivity index (χ2n) is 4.56. The molecule has 0 aliphatic carbocycles. The summed E-state index contributed by atoms with van der Waals surface area (Å²) < 4.78 is 5.12. The molecule has 90 valence electrons. The minimum atomic E-state index is -1.12. The lowest BCUT2D eigenvalue weighted by atomic mass is 9.85. The first-order valence-corrected chi connectivity index (χ1v) is 5.64. The average molecular weight is 231 g/mol. The third kappa shape index (κ3) is 3.60. The molecule has 1 aromatic carbocycles. The van der Waals surface area contributed by atoms with Crippen molar-refractivity contribution in [3.05, 3.63) is 35.9 Å². The van der Waals surface area contributed by atoms with Gasteiger partial charge in [0.05, 0.1) is 12.2 Å².